The standard InChI is InChI=1S/C41H63N3O3/c1-6-7-8-9-10-11-12-13-14-15-16-17-18-19-20-21-22-23-24-26-39(45)43-32-30-42-31-33-44-40(46)41(4,5)29-25-34-47-38-35-36(2)27-28-37(38)3/h7-8,10-11,13-14,16-17,19-20,22-23,27-28,35,42H,6,9,12,15,18,21,24-26,29-34H2,1-5H3,(H,43,45)(H,44,46)/b8-7-,11-10-,14-13-,17-16-,20-19-,23-22-. The molecule has 3 N–H and O–H groups in total. The minimum Gasteiger partial charge on any atom is -0.493 e. The summed E-state index contributed by atoms with van der Waals surface area (Å²) in [6.45, 7) is 13.2. The maximum Gasteiger partial charge on any atom is 0.225 e. The van der Waals surface area contributed by atoms with Crippen molar-refractivity contribution in [1.29, 1.82) is 0 Å². The molecule has 6 nitrogen and oxygen atoms in total. The van der Waals surface area contributed by atoms with Gasteiger partial charge < -0.3 is 20.7 Å². The topological polar surface area (TPSA) is 79.5 Å². The zero-order chi connectivity index (χ0) is 34.4. The fourth-order valence-electron chi connectivity index (χ4n) is 4.53. The van der Waals surface area contributed by atoms with E-state index in [4.69, 9.17) is 4.74 Å². The Morgan fingerprint density at radius 3 is 1.83 bits per heavy atom. The summed E-state index contributed by atoms with van der Waals surface area (Å²) in [7, 11) is 0. The average Bonchev–Trinajstić information content (AvgIpc) is 3.05. The van der Waals surface area contributed by atoms with E-state index in [2.05, 4.69) is 121 Å². The lowest BCUT2D eigenvalue weighted by molar-refractivity contribution is -0.129. The van der Waals surface area contributed by atoms with Gasteiger partial charge in [-0.3, -0.25) is 9.59 Å². The first-order valence-corrected chi connectivity index (χ1v) is 17.6. The van der Waals surface area contributed by atoms with E-state index in [1.165, 1.54) is 5.56 Å². The molecule has 0 aliphatic heterocycles. The lowest BCUT2D eigenvalue weighted by Gasteiger charge is -2.23. The van der Waals surface area contributed by atoms with Crippen molar-refractivity contribution in [2.75, 3.05) is 32.8 Å². The largest absolute Gasteiger partial charge is 0.493 e. The van der Waals surface area contributed by atoms with Crippen LogP contribution in [0.25, 0.3) is 0 Å². The van der Waals surface area contributed by atoms with E-state index in [9.17, 15) is 9.59 Å². The molecule has 0 spiro atoms. The van der Waals surface area contributed by atoms with E-state index in [0.29, 0.717) is 39.2 Å². The van der Waals surface area contributed by atoms with Crippen LogP contribution in [0.2, 0.25) is 0 Å². The van der Waals surface area contributed by atoms with Crippen molar-refractivity contribution in [2.45, 2.75) is 98.8 Å². The van der Waals surface area contributed by atoms with Gasteiger partial charge in [-0.05, 0) is 88.8 Å². The predicted molar refractivity (Wildman–Crippen MR) is 201 cm³/mol. The molecule has 2 amide bonds. The number of hydrogen-bond donors (Lipinski definition) is 3. The highest BCUT2D eigenvalue weighted by Gasteiger charge is 2.26. The van der Waals surface area contributed by atoms with Crippen LogP contribution in [0.1, 0.15) is 96.1 Å². The van der Waals surface area contributed by atoms with Crippen molar-refractivity contribution in [1.82, 2.24) is 16.0 Å². The molecule has 0 bridgehead atoms. The molecule has 1 aromatic carbocycles. The van der Waals surface area contributed by atoms with Crippen molar-refractivity contribution >= 4 is 11.8 Å². The van der Waals surface area contributed by atoms with Crippen molar-refractivity contribution < 1.29 is 14.3 Å². The lowest BCUT2D eigenvalue weighted by Crippen LogP contribution is -2.41. The zero-order valence-electron chi connectivity index (χ0n) is 30.0. The fourth-order valence-corrected chi connectivity index (χ4v) is 4.53. The number of ether oxygens (including phenoxy) is 1. The zero-order valence-corrected chi connectivity index (χ0v) is 30.0. The highest BCUT2D eigenvalue weighted by atomic mass is 16.5. The maximum absolute atomic E-state index is 12.7. The van der Waals surface area contributed by atoms with Gasteiger partial charge >= 0.3 is 0 Å². The van der Waals surface area contributed by atoms with Gasteiger partial charge in [0.1, 0.15) is 5.75 Å². The summed E-state index contributed by atoms with van der Waals surface area (Å²) < 4.78 is 5.94. The summed E-state index contributed by atoms with van der Waals surface area (Å²) in [6, 6.07) is 6.20. The Hall–Kier alpha value is -3.64. The van der Waals surface area contributed by atoms with E-state index >= 15 is 0 Å². The van der Waals surface area contributed by atoms with Crippen LogP contribution >= 0.6 is 0 Å². The van der Waals surface area contributed by atoms with Gasteiger partial charge in [0.2, 0.25) is 11.8 Å². The Morgan fingerprint density at radius 2 is 1.26 bits per heavy atom. The van der Waals surface area contributed by atoms with Gasteiger partial charge in [-0.25, -0.2) is 0 Å². The van der Waals surface area contributed by atoms with Crippen LogP contribution in [-0.2, 0) is 9.59 Å². The number of carbonyl (C=O) groups excluding carboxylic acids is 2. The SMILES string of the molecule is CC/C=C\C/C=C\C/C=C\C/C=C\C/C=C\C/C=C\CCC(=O)NCCNCCNC(=O)C(C)(C)CCCOc1cc(C)ccc1C. The molecule has 1 rings (SSSR count). The van der Waals surface area contributed by atoms with Crippen LogP contribution in [0, 0.1) is 19.3 Å². The second-order valence-corrected chi connectivity index (χ2v) is 12.4. The molecule has 6 heteroatoms. The van der Waals surface area contributed by atoms with Crippen LogP contribution in [0.4, 0.5) is 0 Å². The van der Waals surface area contributed by atoms with Gasteiger partial charge in [0, 0.05) is 38.0 Å². The molecule has 0 atom stereocenters. The van der Waals surface area contributed by atoms with Crippen LogP contribution in [0.5, 0.6) is 5.75 Å². The first-order valence-electron chi connectivity index (χ1n) is 17.6. The Labute approximate surface area is 286 Å². The molecule has 0 radical (unpaired) electrons. The number of amides is 2. The number of rotatable bonds is 26. The Bertz CT molecular complexity index is 1170. The third-order valence-corrected chi connectivity index (χ3v) is 7.51. The van der Waals surface area contributed by atoms with E-state index in [1.54, 1.807) is 0 Å². The third-order valence-electron chi connectivity index (χ3n) is 7.51. The Morgan fingerprint density at radius 1 is 0.723 bits per heavy atom. The van der Waals surface area contributed by atoms with Crippen molar-refractivity contribution in [2.24, 2.45) is 5.41 Å². The molecule has 0 aliphatic carbocycles. The summed E-state index contributed by atoms with van der Waals surface area (Å²) in [5.41, 5.74) is 1.85. The molecule has 0 heterocycles. The van der Waals surface area contributed by atoms with Crippen LogP contribution in [0.15, 0.2) is 91.1 Å². The minimum absolute atomic E-state index is 0.0498. The van der Waals surface area contributed by atoms with Crippen LogP contribution in [-0.4, -0.2) is 44.6 Å². The van der Waals surface area contributed by atoms with Gasteiger partial charge in [0.15, 0.2) is 0 Å². The average molecular weight is 646 g/mol. The van der Waals surface area contributed by atoms with Crippen LogP contribution in [0.3, 0.4) is 0 Å². The number of carbonyl (C=O) groups is 2. The number of aryl methyl sites for hydroxylation is 2. The molecule has 0 aliphatic rings. The highest BCUT2D eigenvalue weighted by molar-refractivity contribution is 5.81. The molecule has 0 fully saturated rings. The second-order valence-electron chi connectivity index (χ2n) is 12.4. The smallest absolute Gasteiger partial charge is 0.225 e. The Balaban J connectivity index is 1.99. The monoisotopic (exact) mass is 645 g/mol. The summed E-state index contributed by atoms with van der Waals surface area (Å²) in [4.78, 5) is 24.7. The van der Waals surface area contributed by atoms with E-state index in [-0.39, 0.29) is 11.8 Å². The van der Waals surface area contributed by atoms with E-state index in [0.717, 1.165) is 69.1 Å². The van der Waals surface area contributed by atoms with Crippen molar-refractivity contribution in [3.05, 3.63) is 102 Å². The minimum atomic E-state index is -0.456. The normalized spacial score (nSPS) is 12.5. The second kappa shape index (κ2) is 27.5. The molecule has 260 valence electrons. The highest BCUT2D eigenvalue weighted by Crippen LogP contribution is 2.24. The first kappa shape index (κ1) is 41.4. The van der Waals surface area contributed by atoms with Gasteiger partial charge in [-0.2, -0.15) is 0 Å². The quantitative estimate of drug-likeness (QED) is 0.0695. The third kappa shape index (κ3) is 23.4. The predicted octanol–water partition coefficient (Wildman–Crippen LogP) is 8.79. The summed E-state index contributed by atoms with van der Waals surface area (Å²) in [5.74, 6) is 1.02. The number of allylic oxidation sites excluding steroid dienone is 12. The van der Waals surface area contributed by atoms with Crippen molar-refractivity contribution in [3.8, 4) is 5.75 Å². The van der Waals surface area contributed by atoms with Gasteiger partial charge in [-0.15, -0.1) is 0 Å². The van der Waals surface area contributed by atoms with Gasteiger partial charge in [-0.1, -0.05) is 106 Å². The summed E-state index contributed by atoms with van der Waals surface area (Å²) >= 11 is 0. The number of nitrogens with one attached hydrogen (secondary N) is 3. The van der Waals surface area contributed by atoms with Gasteiger partial charge in [0.25, 0.3) is 0 Å². The fraction of sp³-hybridized carbons (Fsp3) is 0.512. The molecule has 47 heavy (non-hydrogen) atoms. The van der Waals surface area contributed by atoms with Crippen LogP contribution < -0.4 is 20.7 Å². The van der Waals surface area contributed by atoms with E-state index in [1.807, 2.05) is 20.8 Å². The molecule has 0 unspecified atom stereocenters. The number of hydrogen-bond acceptors (Lipinski definition) is 4. The van der Waals surface area contributed by atoms with Gasteiger partial charge in [0.05, 0.1) is 6.61 Å². The molecule has 0 saturated carbocycles. The lowest BCUT2D eigenvalue weighted by atomic mass is 9.87. The number of benzene rings is 1. The molecular formula is C41H63N3O3. The summed E-state index contributed by atoms with van der Waals surface area (Å²) in [5, 5.41) is 9.24. The maximum atomic E-state index is 12.7. The molecular weight excluding hydrogens is 582 g/mol. The molecule has 0 saturated heterocycles. The first-order chi connectivity index (χ1) is 22.8. The summed E-state index contributed by atoms with van der Waals surface area (Å²) in [6.07, 6.45) is 34.9. The molecule has 0 aromatic heterocycles. The van der Waals surface area contributed by atoms with Crippen molar-refractivity contribution in [3.63, 3.8) is 0 Å². The molecule has 1 aromatic rings. The van der Waals surface area contributed by atoms with E-state index < -0.39 is 5.41 Å². The Kier molecular flexibility index (Phi) is 24.2.